The van der Waals surface area contributed by atoms with E-state index in [9.17, 15) is 15.0 Å². The minimum Gasteiger partial charge on any atom is -0.391 e. The van der Waals surface area contributed by atoms with Crippen LogP contribution < -0.4 is 5.73 Å². The van der Waals surface area contributed by atoms with E-state index in [-0.39, 0.29) is 25.0 Å². The Labute approximate surface area is 228 Å². The van der Waals surface area contributed by atoms with E-state index in [1.165, 1.54) is 6.07 Å². The van der Waals surface area contributed by atoms with Crippen LogP contribution in [0.4, 0.5) is 4.39 Å². The molecule has 5 atom stereocenters. The van der Waals surface area contributed by atoms with E-state index in [0.29, 0.717) is 55.5 Å². The Balaban J connectivity index is 1.69. The van der Waals surface area contributed by atoms with E-state index < -0.39 is 29.7 Å². The Kier molecular flexibility index (Phi) is 9.84. The quantitative estimate of drug-likeness (QED) is 0.309. The summed E-state index contributed by atoms with van der Waals surface area (Å²) in [7, 11) is 1.63. The predicted molar refractivity (Wildman–Crippen MR) is 146 cm³/mol. The van der Waals surface area contributed by atoms with E-state index in [2.05, 4.69) is 0 Å². The first-order valence-corrected chi connectivity index (χ1v) is 14.5. The highest BCUT2D eigenvalue weighted by molar-refractivity contribution is 7.98. The monoisotopic (exact) mass is 546 g/mol. The van der Waals surface area contributed by atoms with E-state index in [0.717, 1.165) is 11.3 Å². The number of benzene rings is 2. The average molecular weight is 547 g/mol. The first kappa shape index (κ1) is 29.0. The van der Waals surface area contributed by atoms with Crippen LogP contribution in [0.25, 0.3) is 11.1 Å². The number of hydrogen-bond donors (Lipinski definition) is 3. The van der Waals surface area contributed by atoms with Crippen LogP contribution in [0.2, 0.25) is 0 Å². The van der Waals surface area contributed by atoms with Gasteiger partial charge in [-0.3, -0.25) is 4.79 Å². The highest BCUT2D eigenvalue weighted by Crippen LogP contribution is 2.42. The highest BCUT2D eigenvalue weighted by Gasteiger charge is 2.46. The Hall–Kier alpha value is -2.01. The number of aliphatic hydroxyl groups is 2. The number of carbonyl (C=O) groups excluding carboxylic acids is 1. The third kappa shape index (κ3) is 6.24. The second kappa shape index (κ2) is 12.9. The number of methoxy groups -OCH3 is 1. The molecule has 9 heteroatoms. The Morgan fingerprint density at radius 2 is 2.05 bits per heavy atom. The molecule has 4 N–H and O–H groups in total. The van der Waals surface area contributed by atoms with Gasteiger partial charge in [-0.2, -0.15) is 0 Å². The molecule has 0 aromatic heterocycles. The number of nitrogens with two attached hydrogens (primary N) is 1. The van der Waals surface area contributed by atoms with Crippen molar-refractivity contribution in [3.8, 4) is 11.1 Å². The summed E-state index contributed by atoms with van der Waals surface area (Å²) < 4.78 is 26.9. The number of thioether (sulfide) groups is 1. The predicted octanol–water partition coefficient (Wildman–Crippen LogP) is 3.54. The van der Waals surface area contributed by atoms with Crippen LogP contribution in [0.3, 0.4) is 0 Å². The van der Waals surface area contributed by atoms with E-state index in [1.807, 2.05) is 30.5 Å². The van der Waals surface area contributed by atoms with Gasteiger partial charge in [0.1, 0.15) is 17.5 Å². The molecule has 0 spiro atoms. The zero-order chi connectivity index (χ0) is 27.3. The summed E-state index contributed by atoms with van der Waals surface area (Å²) in [4.78, 5) is 16.1. The minimum absolute atomic E-state index is 0.0841. The van der Waals surface area contributed by atoms with Crippen LogP contribution in [0.5, 0.6) is 0 Å². The molecule has 4 rings (SSSR count). The van der Waals surface area contributed by atoms with Gasteiger partial charge in [0, 0.05) is 42.7 Å². The first-order valence-electron chi connectivity index (χ1n) is 13.3. The molecule has 0 bridgehead atoms. The molecule has 38 heavy (non-hydrogen) atoms. The SMILES string of the molecule is COCCCC[C@@](O)(c1cccc(F)c1-c1cccc(SC)c1)[C@H]1CN(C(=O)[C@H]2C[C@@H](N)[C@@H](O)C2)CCO1. The number of nitrogens with zero attached hydrogens (tertiary/aromatic N) is 1. The van der Waals surface area contributed by atoms with Crippen molar-refractivity contribution < 1.29 is 28.9 Å². The molecular formula is C29H39FN2O5S. The second-order valence-corrected chi connectivity index (χ2v) is 11.2. The van der Waals surface area contributed by atoms with E-state index in [1.54, 1.807) is 35.9 Å². The lowest BCUT2D eigenvalue weighted by molar-refractivity contribution is -0.167. The largest absolute Gasteiger partial charge is 0.391 e. The number of morpholine rings is 1. The molecule has 2 aromatic rings. The normalized spacial score (nSPS) is 25.4. The Bertz CT molecular complexity index is 1090. The fraction of sp³-hybridized carbons (Fsp3) is 0.552. The molecule has 1 aliphatic carbocycles. The molecule has 0 unspecified atom stereocenters. The van der Waals surface area contributed by atoms with Gasteiger partial charge in [0.05, 0.1) is 19.3 Å². The van der Waals surface area contributed by atoms with Gasteiger partial charge >= 0.3 is 0 Å². The molecule has 1 saturated heterocycles. The smallest absolute Gasteiger partial charge is 0.226 e. The van der Waals surface area contributed by atoms with Crippen LogP contribution in [0.1, 0.15) is 37.7 Å². The number of halogens is 1. The van der Waals surface area contributed by atoms with Crippen LogP contribution in [0, 0.1) is 11.7 Å². The lowest BCUT2D eigenvalue weighted by Crippen LogP contribution is -2.55. The molecule has 7 nitrogen and oxygen atoms in total. The number of carbonyl (C=O) groups is 1. The summed E-state index contributed by atoms with van der Waals surface area (Å²) >= 11 is 1.57. The third-order valence-corrected chi connectivity index (χ3v) is 8.56. The lowest BCUT2D eigenvalue weighted by atomic mass is 9.78. The zero-order valence-corrected chi connectivity index (χ0v) is 23.0. The second-order valence-electron chi connectivity index (χ2n) is 10.3. The maximum absolute atomic E-state index is 15.5. The molecule has 208 valence electrons. The van der Waals surface area contributed by atoms with Crippen molar-refractivity contribution in [3.05, 3.63) is 53.8 Å². The van der Waals surface area contributed by atoms with Crippen LogP contribution in [0.15, 0.2) is 47.4 Å². The Morgan fingerprint density at radius 1 is 1.26 bits per heavy atom. The van der Waals surface area contributed by atoms with Crippen LogP contribution in [-0.4, -0.2) is 78.9 Å². The van der Waals surface area contributed by atoms with E-state index >= 15 is 4.39 Å². The Morgan fingerprint density at radius 3 is 2.76 bits per heavy atom. The number of aliphatic hydroxyl groups excluding tert-OH is 1. The molecule has 2 aliphatic rings. The van der Waals surface area contributed by atoms with Crippen molar-refractivity contribution in [1.82, 2.24) is 4.90 Å². The molecular weight excluding hydrogens is 507 g/mol. The van der Waals surface area contributed by atoms with Gasteiger partial charge in [-0.1, -0.05) is 24.3 Å². The number of hydrogen-bond acceptors (Lipinski definition) is 7. The maximum atomic E-state index is 15.5. The zero-order valence-electron chi connectivity index (χ0n) is 22.1. The summed E-state index contributed by atoms with van der Waals surface area (Å²) in [6, 6.07) is 12.0. The van der Waals surface area contributed by atoms with E-state index in [4.69, 9.17) is 15.2 Å². The van der Waals surface area contributed by atoms with Crippen LogP contribution >= 0.6 is 11.8 Å². The van der Waals surface area contributed by atoms with Crippen molar-refractivity contribution in [2.75, 3.05) is 39.7 Å². The summed E-state index contributed by atoms with van der Waals surface area (Å²) in [5.41, 5.74) is 5.88. The lowest BCUT2D eigenvalue weighted by Gasteiger charge is -2.43. The summed E-state index contributed by atoms with van der Waals surface area (Å²) in [5.74, 6) is -0.861. The maximum Gasteiger partial charge on any atom is 0.226 e. The molecule has 2 fully saturated rings. The molecule has 1 heterocycles. The van der Waals surface area contributed by atoms with Gasteiger partial charge in [-0.15, -0.1) is 11.8 Å². The van der Waals surface area contributed by atoms with Gasteiger partial charge in [0.2, 0.25) is 5.91 Å². The molecule has 0 radical (unpaired) electrons. The van der Waals surface area contributed by atoms with Gasteiger partial charge in [0.15, 0.2) is 0 Å². The topological polar surface area (TPSA) is 105 Å². The summed E-state index contributed by atoms with van der Waals surface area (Å²) in [6.45, 7) is 1.36. The summed E-state index contributed by atoms with van der Waals surface area (Å²) in [5, 5.41) is 22.5. The standard InChI is InChI=1S/C29H39FN2O5S/c1-36-13-4-3-11-29(35,22-9-6-10-23(30)27(22)19-7-5-8-21(15-19)38-2)26-18-32(12-14-37-26)28(34)20-16-24(31)25(33)17-20/h5-10,15,20,24-26,33,35H,3-4,11-14,16-18,31H2,1-2H3/t20-,24+,25-,26+,29+/m0/s1. The summed E-state index contributed by atoms with van der Waals surface area (Å²) in [6.07, 6.45) is 2.95. The van der Waals surface area contributed by atoms with Crippen molar-refractivity contribution in [2.45, 2.75) is 60.9 Å². The van der Waals surface area contributed by atoms with Crippen molar-refractivity contribution >= 4 is 17.7 Å². The van der Waals surface area contributed by atoms with Crippen molar-refractivity contribution in [3.63, 3.8) is 0 Å². The minimum atomic E-state index is -1.55. The van der Waals surface area contributed by atoms with Gasteiger partial charge < -0.3 is 30.3 Å². The van der Waals surface area contributed by atoms with Gasteiger partial charge in [0.25, 0.3) is 0 Å². The fourth-order valence-corrected chi connectivity index (χ4v) is 6.17. The third-order valence-electron chi connectivity index (χ3n) is 7.83. The van der Waals surface area contributed by atoms with Gasteiger partial charge in [-0.25, -0.2) is 4.39 Å². The fourth-order valence-electron chi connectivity index (χ4n) is 5.71. The number of ether oxygens (including phenoxy) is 2. The number of unbranched alkanes of at least 4 members (excludes halogenated alkanes) is 1. The molecule has 1 amide bonds. The molecule has 2 aromatic carbocycles. The highest BCUT2D eigenvalue weighted by atomic mass is 32.2. The van der Waals surface area contributed by atoms with Crippen LogP contribution in [-0.2, 0) is 19.9 Å². The van der Waals surface area contributed by atoms with Crippen molar-refractivity contribution in [2.24, 2.45) is 11.7 Å². The average Bonchev–Trinajstić information content (AvgIpc) is 3.28. The van der Waals surface area contributed by atoms with Crippen molar-refractivity contribution in [1.29, 1.82) is 0 Å². The first-order chi connectivity index (χ1) is 18.3. The number of amides is 1. The molecule has 1 saturated carbocycles. The van der Waals surface area contributed by atoms with Gasteiger partial charge in [-0.05, 0) is 67.7 Å². The number of rotatable bonds is 10. The molecule has 1 aliphatic heterocycles.